The zero-order valence-corrected chi connectivity index (χ0v) is 11.0. The molecule has 2 nitrogen and oxygen atoms in total. The van der Waals surface area contributed by atoms with E-state index in [0.29, 0.717) is 5.92 Å². The van der Waals surface area contributed by atoms with Crippen LogP contribution >= 0.6 is 0 Å². The predicted molar refractivity (Wildman–Crippen MR) is 69.6 cm³/mol. The van der Waals surface area contributed by atoms with Crippen LogP contribution in [0.1, 0.15) is 58.3 Å². The normalized spacial score (nSPS) is 31.5. The van der Waals surface area contributed by atoms with E-state index in [2.05, 4.69) is 13.0 Å². The number of rotatable bonds is 4. The SMILES string of the molecule is CCCC1CCC(C(O)C2=CCCCO2)CC1. The van der Waals surface area contributed by atoms with Crippen LogP contribution in [0.2, 0.25) is 0 Å². The van der Waals surface area contributed by atoms with E-state index in [1.807, 2.05) is 0 Å². The smallest absolute Gasteiger partial charge is 0.121 e. The molecule has 0 spiro atoms. The van der Waals surface area contributed by atoms with Gasteiger partial charge in [0.1, 0.15) is 11.9 Å². The van der Waals surface area contributed by atoms with Gasteiger partial charge in [0.05, 0.1) is 6.61 Å². The Labute approximate surface area is 105 Å². The average Bonchev–Trinajstić information content (AvgIpc) is 2.40. The highest BCUT2D eigenvalue weighted by atomic mass is 16.5. The van der Waals surface area contributed by atoms with Crippen molar-refractivity contribution in [3.63, 3.8) is 0 Å². The molecule has 1 heterocycles. The Morgan fingerprint density at radius 3 is 2.71 bits per heavy atom. The molecular weight excluding hydrogens is 212 g/mol. The molecule has 17 heavy (non-hydrogen) atoms. The van der Waals surface area contributed by atoms with Gasteiger partial charge in [0, 0.05) is 0 Å². The highest BCUT2D eigenvalue weighted by Gasteiger charge is 2.29. The summed E-state index contributed by atoms with van der Waals surface area (Å²) >= 11 is 0. The molecular formula is C15H26O2. The van der Waals surface area contributed by atoms with Gasteiger partial charge in [-0.25, -0.2) is 0 Å². The summed E-state index contributed by atoms with van der Waals surface area (Å²) in [6, 6.07) is 0. The van der Waals surface area contributed by atoms with E-state index in [1.54, 1.807) is 0 Å². The highest BCUT2D eigenvalue weighted by molar-refractivity contribution is 5.04. The van der Waals surface area contributed by atoms with Crippen LogP contribution in [-0.2, 0) is 4.74 Å². The molecule has 1 aliphatic carbocycles. The van der Waals surface area contributed by atoms with Gasteiger partial charge in [-0.2, -0.15) is 0 Å². The second-order valence-corrected chi connectivity index (χ2v) is 5.61. The van der Waals surface area contributed by atoms with Gasteiger partial charge in [0.25, 0.3) is 0 Å². The molecule has 0 radical (unpaired) electrons. The van der Waals surface area contributed by atoms with Gasteiger partial charge in [-0.1, -0.05) is 32.6 Å². The number of aliphatic hydroxyl groups excluding tert-OH is 1. The summed E-state index contributed by atoms with van der Waals surface area (Å²) in [5.74, 6) is 2.20. The lowest BCUT2D eigenvalue weighted by molar-refractivity contribution is 0.0358. The molecule has 1 saturated carbocycles. The zero-order chi connectivity index (χ0) is 12.1. The summed E-state index contributed by atoms with van der Waals surface area (Å²) in [5, 5.41) is 10.3. The number of allylic oxidation sites excluding steroid dienone is 1. The van der Waals surface area contributed by atoms with Crippen molar-refractivity contribution in [2.75, 3.05) is 6.61 Å². The quantitative estimate of drug-likeness (QED) is 0.810. The van der Waals surface area contributed by atoms with E-state index in [0.717, 1.165) is 31.1 Å². The third kappa shape index (κ3) is 3.48. The Morgan fingerprint density at radius 1 is 1.35 bits per heavy atom. The summed E-state index contributed by atoms with van der Waals surface area (Å²) in [6.45, 7) is 3.05. The fourth-order valence-corrected chi connectivity index (χ4v) is 3.22. The molecule has 1 unspecified atom stereocenters. The molecule has 0 bridgehead atoms. The molecule has 2 aliphatic rings. The summed E-state index contributed by atoms with van der Waals surface area (Å²) in [5.41, 5.74) is 0. The molecule has 2 heteroatoms. The van der Waals surface area contributed by atoms with Crippen LogP contribution in [0.25, 0.3) is 0 Å². The predicted octanol–water partition coefficient (Wildman–Crippen LogP) is 3.65. The van der Waals surface area contributed by atoms with Crippen LogP contribution < -0.4 is 0 Å². The molecule has 1 N–H and O–H groups in total. The molecule has 0 saturated heterocycles. The van der Waals surface area contributed by atoms with Crippen LogP contribution in [0, 0.1) is 11.8 Å². The molecule has 2 rings (SSSR count). The molecule has 98 valence electrons. The largest absolute Gasteiger partial charge is 0.495 e. The van der Waals surface area contributed by atoms with Crippen molar-refractivity contribution in [3.8, 4) is 0 Å². The minimum absolute atomic E-state index is 0.335. The van der Waals surface area contributed by atoms with E-state index in [4.69, 9.17) is 4.74 Å². The van der Waals surface area contributed by atoms with E-state index in [9.17, 15) is 5.11 Å². The van der Waals surface area contributed by atoms with Crippen molar-refractivity contribution in [1.29, 1.82) is 0 Å². The summed E-state index contributed by atoms with van der Waals surface area (Å²) in [6.07, 6.45) is 11.5. The van der Waals surface area contributed by atoms with E-state index < -0.39 is 0 Å². The lowest BCUT2D eigenvalue weighted by atomic mass is 9.77. The molecule has 0 aromatic heterocycles. The Kier molecular flexibility index (Phi) is 4.90. The van der Waals surface area contributed by atoms with Gasteiger partial charge >= 0.3 is 0 Å². The summed E-state index contributed by atoms with van der Waals surface area (Å²) in [4.78, 5) is 0. The molecule has 1 aliphatic heterocycles. The lowest BCUT2D eigenvalue weighted by Crippen LogP contribution is -2.29. The van der Waals surface area contributed by atoms with Crippen molar-refractivity contribution in [2.45, 2.75) is 64.4 Å². The van der Waals surface area contributed by atoms with Crippen LogP contribution in [0.15, 0.2) is 11.8 Å². The Hall–Kier alpha value is -0.500. The number of ether oxygens (including phenoxy) is 1. The minimum atomic E-state index is -0.335. The van der Waals surface area contributed by atoms with Crippen LogP contribution in [0.3, 0.4) is 0 Å². The molecule has 0 aromatic rings. The van der Waals surface area contributed by atoms with Gasteiger partial charge in [0.15, 0.2) is 0 Å². The zero-order valence-electron chi connectivity index (χ0n) is 11.0. The van der Waals surface area contributed by atoms with Crippen molar-refractivity contribution >= 4 is 0 Å². The second kappa shape index (κ2) is 6.44. The van der Waals surface area contributed by atoms with Crippen LogP contribution in [-0.4, -0.2) is 17.8 Å². The number of hydrogen-bond donors (Lipinski definition) is 1. The fourth-order valence-electron chi connectivity index (χ4n) is 3.22. The van der Waals surface area contributed by atoms with E-state index in [-0.39, 0.29) is 6.10 Å². The molecule has 0 aromatic carbocycles. The molecule has 0 amide bonds. The first kappa shape index (κ1) is 12.9. The third-order valence-corrected chi connectivity index (χ3v) is 4.29. The monoisotopic (exact) mass is 238 g/mol. The molecule has 1 atom stereocenters. The Bertz CT molecular complexity index is 252. The first-order chi connectivity index (χ1) is 8.31. The Balaban J connectivity index is 1.81. The number of hydrogen-bond acceptors (Lipinski definition) is 2. The third-order valence-electron chi connectivity index (χ3n) is 4.29. The Morgan fingerprint density at radius 2 is 2.12 bits per heavy atom. The maximum Gasteiger partial charge on any atom is 0.121 e. The standard InChI is InChI=1S/C15H26O2/c1-2-5-12-7-9-13(10-8-12)15(16)14-6-3-4-11-17-14/h6,12-13,15-16H,2-5,7-11H2,1H3. The van der Waals surface area contributed by atoms with Crippen LogP contribution in [0.5, 0.6) is 0 Å². The van der Waals surface area contributed by atoms with Gasteiger partial charge in [-0.3, -0.25) is 0 Å². The maximum absolute atomic E-state index is 10.3. The highest BCUT2D eigenvalue weighted by Crippen LogP contribution is 2.35. The van der Waals surface area contributed by atoms with Crippen molar-refractivity contribution in [3.05, 3.63) is 11.8 Å². The van der Waals surface area contributed by atoms with Gasteiger partial charge < -0.3 is 9.84 Å². The lowest BCUT2D eigenvalue weighted by Gasteiger charge is -2.33. The summed E-state index contributed by atoms with van der Waals surface area (Å²) < 4.78 is 5.58. The summed E-state index contributed by atoms with van der Waals surface area (Å²) in [7, 11) is 0. The minimum Gasteiger partial charge on any atom is -0.495 e. The molecule has 1 fully saturated rings. The average molecular weight is 238 g/mol. The first-order valence-electron chi connectivity index (χ1n) is 7.32. The van der Waals surface area contributed by atoms with E-state index in [1.165, 1.54) is 38.5 Å². The van der Waals surface area contributed by atoms with Crippen molar-refractivity contribution in [1.82, 2.24) is 0 Å². The number of aliphatic hydroxyl groups is 1. The van der Waals surface area contributed by atoms with Crippen LogP contribution in [0.4, 0.5) is 0 Å². The van der Waals surface area contributed by atoms with Gasteiger partial charge in [-0.15, -0.1) is 0 Å². The van der Waals surface area contributed by atoms with Gasteiger partial charge in [0.2, 0.25) is 0 Å². The van der Waals surface area contributed by atoms with Crippen molar-refractivity contribution in [2.24, 2.45) is 11.8 Å². The second-order valence-electron chi connectivity index (χ2n) is 5.61. The van der Waals surface area contributed by atoms with Crippen molar-refractivity contribution < 1.29 is 9.84 Å². The maximum atomic E-state index is 10.3. The fraction of sp³-hybridized carbons (Fsp3) is 0.867. The van der Waals surface area contributed by atoms with E-state index >= 15 is 0 Å². The first-order valence-corrected chi connectivity index (χ1v) is 7.32. The topological polar surface area (TPSA) is 29.5 Å². The van der Waals surface area contributed by atoms with Gasteiger partial charge in [-0.05, 0) is 43.6 Å².